The molecular formula is C16H18N2OS. The van der Waals surface area contributed by atoms with Crippen molar-refractivity contribution in [1.82, 2.24) is 10.3 Å². The van der Waals surface area contributed by atoms with Gasteiger partial charge in [-0.3, -0.25) is 0 Å². The van der Waals surface area contributed by atoms with E-state index in [9.17, 15) is 0 Å². The van der Waals surface area contributed by atoms with E-state index in [1.165, 1.54) is 29.1 Å². The van der Waals surface area contributed by atoms with Crippen molar-refractivity contribution >= 4 is 11.3 Å². The molecule has 2 aliphatic rings. The van der Waals surface area contributed by atoms with Gasteiger partial charge in [-0.1, -0.05) is 18.2 Å². The van der Waals surface area contributed by atoms with E-state index in [4.69, 9.17) is 9.72 Å². The normalized spacial score (nSPS) is 21.3. The molecule has 3 nitrogen and oxygen atoms in total. The number of thiazole rings is 1. The minimum Gasteiger partial charge on any atom is -0.493 e. The van der Waals surface area contributed by atoms with Gasteiger partial charge < -0.3 is 10.1 Å². The summed E-state index contributed by atoms with van der Waals surface area (Å²) in [5.41, 5.74) is 2.48. The van der Waals surface area contributed by atoms with Crippen LogP contribution in [0.2, 0.25) is 0 Å². The molecule has 2 aromatic rings. The summed E-state index contributed by atoms with van der Waals surface area (Å²) in [7, 11) is 0. The summed E-state index contributed by atoms with van der Waals surface area (Å²) >= 11 is 1.77. The summed E-state index contributed by atoms with van der Waals surface area (Å²) in [6, 6.07) is 9.06. The second-order valence-corrected chi connectivity index (χ2v) is 6.54. The third-order valence-electron chi connectivity index (χ3n) is 3.95. The van der Waals surface area contributed by atoms with Crippen LogP contribution in [0.5, 0.6) is 5.75 Å². The van der Waals surface area contributed by atoms with Gasteiger partial charge in [-0.05, 0) is 30.9 Å². The number of hydrogen-bond donors (Lipinski definition) is 1. The fraction of sp³-hybridized carbons (Fsp3) is 0.438. The van der Waals surface area contributed by atoms with Crippen LogP contribution in [0.4, 0.5) is 0 Å². The van der Waals surface area contributed by atoms with E-state index in [-0.39, 0.29) is 0 Å². The summed E-state index contributed by atoms with van der Waals surface area (Å²) < 4.78 is 5.86. The molecule has 1 saturated carbocycles. The Morgan fingerprint density at radius 2 is 2.20 bits per heavy atom. The van der Waals surface area contributed by atoms with Gasteiger partial charge in [0.25, 0.3) is 0 Å². The van der Waals surface area contributed by atoms with E-state index in [2.05, 4.69) is 28.9 Å². The zero-order valence-electron chi connectivity index (χ0n) is 11.3. The number of ether oxygens (including phenoxy) is 1. The quantitative estimate of drug-likeness (QED) is 0.937. The van der Waals surface area contributed by atoms with Crippen molar-refractivity contribution in [1.29, 1.82) is 0 Å². The van der Waals surface area contributed by atoms with Crippen LogP contribution in [0, 0.1) is 0 Å². The summed E-state index contributed by atoms with van der Waals surface area (Å²) in [5, 5.41) is 6.92. The molecule has 1 aromatic carbocycles. The molecule has 20 heavy (non-hydrogen) atoms. The number of hydrogen-bond acceptors (Lipinski definition) is 4. The maximum absolute atomic E-state index is 5.86. The van der Waals surface area contributed by atoms with E-state index in [1.807, 2.05) is 6.07 Å². The van der Waals surface area contributed by atoms with Crippen LogP contribution in [0.1, 0.15) is 35.0 Å². The van der Waals surface area contributed by atoms with Gasteiger partial charge in [0.05, 0.1) is 17.3 Å². The SMILES string of the molecule is c1ccc2c(c1)CC(c1nc(CNC3CC3)cs1)CO2. The monoisotopic (exact) mass is 286 g/mol. The fourth-order valence-electron chi connectivity index (χ4n) is 2.61. The van der Waals surface area contributed by atoms with Gasteiger partial charge in [0.1, 0.15) is 5.75 Å². The van der Waals surface area contributed by atoms with Crippen LogP contribution in [-0.2, 0) is 13.0 Å². The van der Waals surface area contributed by atoms with Gasteiger partial charge in [-0.2, -0.15) is 0 Å². The Balaban J connectivity index is 1.45. The largest absolute Gasteiger partial charge is 0.493 e. The van der Waals surface area contributed by atoms with Crippen molar-refractivity contribution in [3.63, 3.8) is 0 Å². The van der Waals surface area contributed by atoms with Crippen LogP contribution in [0.3, 0.4) is 0 Å². The minimum atomic E-state index is 0.407. The van der Waals surface area contributed by atoms with Gasteiger partial charge in [0.15, 0.2) is 0 Å². The zero-order chi connectivity index (χ0) is 13.4. The fourth-order valence-corrected chi connectivity index (χ4v) is 3.52. The van der Waals surface area contributed by atoms with Gasteiger partial charge in [-0.25, -0.2) is 4.98 Å². The van der Waals surface area contributed by atoms with Crippen molar-refractivity contribution < 1.29 is 4.74 Å². The topological polar surface area (TPSA) is 34.2 Å². The molecular weight excluding hydrogens is 268 g/mol. The third-order valence-corrected chi connectivity index (χ3v) is 5.00. The number of rotatable bonds is 4. The zero-order valence-corrected chi connectivity index (χ0v) is 12.2. The number of fused-ring (bicyclic) bond motifs is 1. The molecule has 1 N–H and O–H groups in total. The lowest BCUT2D eigenvalue weighted by atomic mass is 9.97. The lowest BCUT2D eigenvalue weighted by molar-refractivity contribution is 0.262. The van der Waals surface area contributed by atoms with Crippen LogP contribution in [-0.4, -0.2) is 17.6 Å². The Kier molecular flexibility index (Phi) is 3.20. The highest BCUT2D eigenvalue weighted by molar-refractivity contribution is 7.09. The Morgan fingerprint density at radius 1 is 1.30 bits per heavy atom. The van der Waals surface area contributed by atoms with E-state index in [0.29, 0.717) is 5.92 Å². The summed E-state index contributed by atoms with van der Waals surface area (Å²) in [4.78, 5) is 4.78. The van der Waals surface area contributed by atoms with Crippen molar-refractivity contribution in [2.75, 3.05) is 6.61 Å². The molecule has 0 spiro atoms. The van der Waals surface area contributed by atoms with Crippen LogP contribution in [0.25, 0.3) is 0 Å². The maximum atomic E-state index is 5.86. The number of aromatic nitrogens is 1. The standard InChI is InChI=1S/C16H18N2OS/c1-2-4-15-11(3-1)7-12(9-19-15)16-18-14(10-20-16)8-17-13-5-6-13/h1-4,10,12-13,17H,5-9H2. The maximum Gasteiger partial charge on any atom is 0.122 e. The summed E-state index contributed by atoms with van der Waals surface area (Å²) in [6.45, 7) is 1.66. The number of benzene rings is 1. The average Bonchev–Trinajstić information content (AvgIpc) is 3.21. The van der Waals surface area contributed by atoms with Crippen molar-refractivity contribution in [2.24, 2.45) is 0 Å². The molecule has 0 radical (unpaired) electrons. The van der Waals surface area contributed by atoms with E-state index >= 15 is 0 Å². The minimum absolute atomic E-state index is 0.407. The van der Waals surface area contributed by atoms with Gasteiger partial charge >= 0.3 is 0 Å². The molecule has 0 amide bonds. The molecule has 1 aromatic heterocycles. The molecule has 1 atom stereocenters. The van der Waals surface area contributed by atoms with Crippen LogP contribution in [0.15, 0.2) is 29.6 Å². The highest BCUT2D eigenvalue weighted by atomic mass is 32.1. The van der Waals surface area contributed by atoms with E-state index in [0.717, 1.165) is 31.4 Å². The Labute approximate surface area is 123 Å². The van der Waals surface area contributed by atoms with Crippen molar-refractivity contribution in [2.45, 2.75) is 37.8 Å². The molecule has 1 fully saturated rings. The molecule has 1 unspecified atom stereocenters. The van der Waals surface area contributed by atoms with E-state index < -0.39 is 0 Å². The molecule has 4 rings (SSSR count). The first-order valence-electron chi connectivity index (χ1n) is 7.27. The number of para-hydroxylation sites is 1. The first-order valence-corrected chi connectivity index (χ1v) is 8.15. The molecule has 4 heteroatoms. The highest BCUT2D eigenvalue weighted by Crippen LogP contribution is 2.33. The molecule has 0 saturated heterocycles. The average molecular weight is 286 g/mol. The van der Waals surface area contributed by atoms with Crippen LogP contribution < -0.4 is 10.1 Å². The molecule has 0 bridgehead atoms. The number of nitrogens with zero attached hydrogens (tertiary/aromatic N) is 1. The molecule has 2 heterocycles. The van der Waals surface area contributed by atoms with E-state index in [1.54, 1.807) is 11.3 Å². The van der Waals surface area contributed by atoms with Gasteiger partial charge in [0, 0.05) is 23.9 Å². The smallest absolute Gasteiger partial charge is 0.122 e. The molecule has 1 aliphatic carbocycles. The first-order chi connectivity index (χ1) is 9.88. The van der Waals surface area contributed by atoms with Crippen molar-refractivity contribution in [3.05, 3.63) is 45.9 Å². The van der Waals surface area contributed by atoms with Gasteiger partial charge in [-0.15, -0.1) is 11.3 Å². The predicted molar refractivity (Wildman–Crippen MR) is 80.4 cm³/mol. The second-order valence-electron chi connectivity index (χ2n) is 5.65. The summed E-state index contributed by atoms with van der Waals surface area (Å²) in [6.07, 6.45) is 3.69. The number of nitrogens with one attached hydrogen (secondary N) is 1. The van der Waals surface area contributed by atoms with Gasteiger partial charge in [0.2, 0.25) is 0 Å². The lowest BCUT2D eigenvalue weighted by Gasteiger charge is -2.23. The molecule has 1 aliphatic heterocycles. The predicted octanol–water partition coefficient (Wildman–Crippen LogP) is 3.11. The van der Waals surface area contributed by atoms with Crippen molar-refractivity contribution in [3.8, 4) is 5.75 Å². The second kappa shape index (κ2) is 5.19. The Bertz CT molecular complexity index is 606. The molecule has 104 valence electrons. The third kappa shape index (κ3) is 2.58. The first kappa shape index (κ1) is 12.4. The lowest BCUT2D eigenvalue weighted by Crippen LogP contribution is -2.19. The highest BCUT2D eigenvalue weighted by Gasteiger charge is 2.24. The Morgan fingerprint density at radius 3 is 3.10 bits per heavy atom. The summed E-state index contributed by atoms with van der Waals surface area (Å²) in [5.74, 6) is 1.44. The van der Waals surface area contributed by atoms with Crippen LogP contribution >= 0.6 is 11.3 Å². The Hall–Kier alpha value is -1.39.